The normalized spacial score (nSPS) is 18.3. The second-order valence-electron chi connectivity index (χ2n) is 7.89. The standard InChI is InChI=1S/C22H38N4O2/c1-18(2)16-26-12-14-28-21(17-26)15-25-22(23-4)24-11-5-6-13-27-20-9-7-19(3)8-10-20/h7-10,18,21H,5-6,11-17H2,1-4H3,(H2,23,24,25). The molecular weight excluding hydrogens is 352 g/mol. The van der Waals surface area contributed by atoms with E-state index in [-0.39, 0.29) is 6.10 Å². The third kappa shape index (κ3) is 8.93. The molecule has 0 spiro atoms. The van der Waals surface area contributed by atoms with Crippen LogP contribution in [-0.2, 0) is 4.74 Å². The van der Waals surface area contributed by atoms with Crippen LogP contribution in [0.3, 0.4) is 0 Å². The molecule has 0 bridgehead atoms. The van der Waals surface area contributed by atoms with Crippen molar-refractivity contribution in [2.75, 3.05) is 53.0 Å². The molecule has 28 heavy (non-hydrogen) atoms. The predicted octanol–water partition coefficient (Wildman–Crippen LogP) is 2.68. The van der Waals surface area contributed by atoms with Gasteiger partial charge in [0.2, 0.25) is 0 Å². The predicted molar refractivity (Wildman–Crippen MR) is 116 cm³/mol. The first-order chi connectivity index (χ1) is 13.6. The zero-order valence-corrected chi connectivity index (χ0v) is 18.0. The van der Waals surface area contributed by atoms with Crippen LogP contribution in [0.2, 0.25) is 0 Å². The van der Waals surface area contributed by atoms with Crippen molar-refractivity contribution >= 4 is 5.96 Å². The van der Waals surface area contributed by atoms with E-state index in [2.05, 4.69) is 53.4 Å². The molecule has 1 aliphatic heterocycles. The van der Waals surface area contributed by atoms with E-state index in [4.69, 9.17) is 9.47 Å². The van der Waals surface area contributed by atoms with Gasteiger partial charge in [-0.2, -0.15) is 0 Å². The zero-order valence-electron chi connectivity index (χ0n) is 18.0. The average molecular weight is 391 g/mol. The van der Waals surface area contributed by atoms with E-state index in [1.54, 1.807) is 0 Å². The first-order valence-electron chi connectivity index (χ1n) is 10.5. The van der Waals surface area contributed by atoms with Crippen LogP contribution < -0.4 is 15.4 Å². The molecule has 1 atom stereocenters. The Labute approximate surface area is 170 Å². The maximum atomic E-state index is 5.89. The second kappa shape index (κ2) is 12.6. The van der Waals surface area contributed by atoms with E-state index in [9.17, 15) is 0 Å². The van der Waals surface area contributed by atoms with Crippen LogP contribution in [0.4, 0.5) is 0 Å². The molecule has 1 aromatic carbocycles. The Morgan fingerprint density at radius 3 is 2.75 bits per heavy atom. The summed E-state index contributed by atoms with van der Waals surface area (Å²) in [4.78, 5) is 6.80. The maximum Gasteiger partial charge on any atom is 0.191 e. The van der Waals surface area contributed by atoms with Crippen molar-refractivity contribution in [1.82, 2.24) is 15.5 Å². The molecule has 2 rings (SSSR count). The highest BCUT2D eigenvalue weighted by Crippen LogP contribution is 2.11. The zero-order chi connectivity index (χ0) is 20.2. The Balaban J connectivity index is 1.55. The number of benzene rings is 1. The summed E-state index contributed by atoms with van der Waals surface area (Å²) in [6.07, 6.45) is 2.26. The molecule has 1 aromatic rings. The second-order valence-corrected chi connectivity index (χ2v) is 7.89. The van der Waals surface area contributed by atoms with Crippen molar-refractivity contribution in [2.24, 2.45) is 10.9 Å². The Bertz CT molecular complexity index is 574. The molecule has 1 heterocycles. The van der Waals surface area contributed by atoms with Crippen molar-refractivity contribution < 1.29 is 9.47 Å². The number of aryl methyl sites for hydroxylation is 1. The monoisotopic (exact) mass is 390 g/mol. The lowest BCUT2D eigenvalue weighted by molar-refractivity contribution is -0.0284. The molecule has 0 aromatic heterocycles. The largest absolute Gasteiger partial charge is 0.494 e. The Hall–Kier alpha value is -1.79. The quantitative estimate of drug-likeness (QED) is 0.365. The van der Waals surface area contributed by atoms with Crippen LogP contribution in [0.5, 0.6) is 5.75 Å². The van der Waals surface area contributed by atoms with Gasteiger partial charge in [-0.15, -0.1) is 0 Å². The number of nitrogens with zero attached hydrogens (tertiary/aromatic N) is 2. The molecule has 0 saturated carbocycles. The van der Waals surface area contributed by atoms with Crippen molar-refractivity contribution in [3.63, 3.8) is 0 Å². The SMILES string of the molecule is CN=C(NCCCCOc1ccc(C)cc1)NCC1CN(CC(C)C)CCO1. The number of nitrogens with one attached hydrogen (secondary N) is 2. The molecule has 158 valence electrons. The fraction of sp³-hybridized carbons (Fsp3) is 0.682. The van der Waals surface area contributed by atoms with Crippen LogP contribution in [0.1, 0.15) is 32.3 Å². The van der Waals surface area contributed by atoms with Gasteiger partial charge in [-0.05, 0) is 37.8 Å². The number of unbranched alkanes of at least 4 members (excludes halogenated alkanes) is 1. The first kappa shape index (κ1) is 22.5. The summed E-state index contributed by atoms with van der Waals surface area (Å²) in [5.74, 6) is 2.47. The smallest absolute Gasteiger partial charge is 0.191 e. The molecule has 6 nitrogen and oxygen atoms in total. The number of guanidine groups is 1. The van der Waals surface area contributed by atoms with E-state index >= 15 is 0 Å². The third-order valence-corrected chi connectivity index (χ3v) is 4.72. The van der Waals surface area contributed by atoms with Gasteiger partial charge >= 0.3 is 0 Å². The summed E-state index contributed by atoms with van der Waals surface area (Å²) >= 11 is 0. The van der Waals surface area contributed by atoms with Gasteiger partial charge in [0.15, 0.2) is 5.96 Å². The van der Waals surface area contributed by atoms with Crippen molar-refractivity contribution in [3.05, 3.63) is 29.8 Å². The molecule has 1 fully saturated rings. The summed E-state index contributed by atoms with van der Waals surface area (Å²) in [5.41, 5.74) is 1.25. The van der Waals surface area contributed by atoms with Crippen LogP contribution in [0.15, 0.2) is 29.3 Å². The highest BCUT2D eigenvalue weighted by Gasteiger charge is 2.20. The number of morpholine rings is 1. The molecule has 6 heteroatoms. The number of rotatable bonds is 10. The van der Waals surface area contributed by atoms with Gasteiger partial charge in [0, 0.05) is 39.8 Å². The van der Waals surface area contributed by atoms with Crippen molar-refractivity contribution in [2.45, 2.75) is 39.7 Å². The lowest BCUT2D eigenvalue weighted by atomic mass is 10.2. The van der Waals surface area contributed by atoms with Crippen LogP contribution in [0, 0.1) is 12.8 Å². The first-order valence-corrected chi connectivity index (χ1v) is 10.5. The third-order valence-electron chi connectivity index (χ3n) is 4.72. The fourth-order valence-corrected chi connectivity index (χ4v) is 3.28. The van der Waals surface area contributed by atoms with Crippen LogP contribution in [-0.4, -0.2) is 69.9 Å². The molecule has 2 N–H and O–H groups in total. The van der Waals surface area contributed by atoms with Crippen LogP contribution in [0.25, 0.3) is 0 Å². The molecule has 0 radical (unpaired) electrons. The lowest BCUT2D eigenvalue weighted by Crippen LogP contribution is -2.50. The van der Waals surface area contributed by atoms with E-state index in [1.165, 1.54) is 5.56 Å². The Morgan fingerprint density at radius 2 is 2.04 bits per heavy atom. The Morgan fingerprint density at radius 1 is 1.25 bits per heavy atom. The summed E-state index contributed by atoms with van der Waals surface area (Å²) < 4.78 is 11.7. The number of ether oxygens (including phenoxy) is 2. The van der Waals surface area contributed by atoms with Gasteiger partial charge in [-0.1, -0.05) is 31.5 Å². The molecule has 0 amide bonds. The minimum Gasteiger partial charge on any atom is -0.494 e. The number of aliphatic imine (C=N–C) groups is 1. The average Bonchev–Trinajstić information content (AvgIpc) is 2.68. The molecule has 0 aliphatic carbocycles. The molecule has 1 aliphatic rings. The molecule has 1 unspecified atom stereocenters. The lowest BCUT2D eigenvalue weighted by Gasteiger charge is -2.34. The maximum absolute atomic E-state index is 5.89. The van der Waals surface area contributed by atoms with E-state index in [0.29, 0.717) is 5.92 Å². The van der Waals surface area contributed by atoms with E-state index < -0.39 is 0 Å². The highest BCUT2D eigenvalue weighted by molar-refractivity contribution is 5.79. The van der Waals surface area contributed by atoms with Gasteiger partial charge in [0.1, 0.15) is 5.75 Å². The summed E-state index contributed by atoms with van der Waals surface area (Å²) in [7, 11) is 1.81. The highest BCUT2D eigenvalue weighted by atomic mass is 16.5. The summed E-state index contributed by atoms with van der Waals surface area (Å²) in [6, 6.07) is 8.19. The van der Waals surface area contributed by atoms with Gasteiger partial charge < -0.3 is 20.1 Å². The minimum atomic E-state index is 0.217. The number of hydrogen-bond acceptors (Lipinski definition) is 4. The van der Waals surface area contributed by atoms with E-state index in [1.807, 2.05) is 19.2 Å². The van der Waals surface area contributed by atoms with Gasteiger partial charge in [0.05, 0.1) is 19.3 Å². The Kier molecular flexibility index (Phi) is 10.1. The topological polar surface area (TPSA) is 58.1 Å². The van der Waals surface area contributed by atoms with Gasteiger partial charge in [0.25, 0.3) is 0 Å². The van der Waals surface area contributed by atoms with Crippen molar-refractivity contribution in [1.29, 1.82) is 0 Å². The summed E-state index contributed by atoms with van der Waals surface area (Å²) in [5, 5.41) is 6.76. The van der Waals surface area contributed by atoms with Gasteiger partial charge in [-0.25, -0.2) is 0 Å². The summed E-state index contributed by atoms with van der Waals surface area (Å²) in [6.45, 7) is 13.0. The van der Waals surface area contributed by atoms with Crippen LogP contribution >= 0.6 is 0 Å². The minimum absolute atomic E-state index is 0.217. The van der Waals surface area contributed by atoms with Crippen molar-refractivity contribution in [3.8, 4) is 5.75 Å². The fourth-order valence-electron chi connectivity index (χ4n) is 3.28. The van der Waals surface area contributed by atoms with Gasteiger partial charge in [-0.3, -0.25) is 9.89 Å². The molecular formula is C22H38N4O2. The number of hydrogen-bond donors (Lipinski definition) is 2. The van der Waals surface area contributed by atoms with E-state index in [0.717, 1.165) is 70.5 Å². The molecule has 1 saturated heterocycles.